The number of nitrogens with one attached hydrogen (secondary N) is 8. The molecule has 2 aromatic carbocycles. The maximum atomic E-state index is 14.0. The minimum atomic E-state index is -1.21. The van der Waals surface area contributed by atoms with E-state index in [0.29, 0.717) is 61.2 Å². The van der Waals surface area contributed by atoms with Crippen molar-refractivity contribution in [3.8, 4) is 22.6 Å². The van der Waals surface area contributed by atoms with Crippen molar-refractivity contribution in [1.29, 1.82) is 0 Å². The van der Waals surface area contributed by atoms with Gasteiger partial charge in [-0.1, -0.05) is 12.1 Å². The van der Waals surface area contributed by atoms with Gasteiger partial charge in [-0.15, -0.1) is 0 Å². The van der Waals surface area contributed by atoms with E-state index in [-0.39, 0.29) is 49.8 Å². The largest absolute Gasteiger partial charge is 0.508 e. The van der Waals surface area contributed by atoms with Crippen LogP contribution in [0, 0.1) is 0 Å². The Labute approximate surface area is 311 Å². The van der Waals surface area contributed by atoms with Gasteiger partial charge in [0, 0.05) is 39.5 Å². The zero-order valence-corrected chi connectivity index (χ0v) is 31.4. The van der Waals surface area contributed by atoms with Gasteiger partial charge in [0.15, 0.2) is 0 Å². The predicted molar refractivity (Wildman–Crippen MR) is 202 cm³/mol. The van der Waals surface area contributed by atoms with Gasteiger partial charge in [-0.2, -0.15) is 0 Å². The van der Waals surface area contributed by atoms with E-state index < -0.39 is 47.8 Å². The molecule has 0 saturated carbocycles. The molecule has 0 radical (unpaired) electrons. The summed E-state index contributed by atoms with van der Waals surface area (Å²) in [7, 11) is 8.35. The van der Waals surface area contributed by atoms with E-state index in [4.69, 9.17) is 0 Å². The van der Waals surface area contributed by atoms with Crippen LogP contribution in [0.1, 0.15) is 36.8 Å². The lowest BCUT2D eigenvalue weighted by Gasteiger charge is -2.27. The highest BCUT2D eigenvalue weighted by Crippen LogP contribution is 2.31. The van der Waals surface area contributed by atoms with Crippen LogP contribution >= 0.6 is 0 Å². The SMILES string of the molecule is CNCCC[C@@H]1NC(=O)[C@@H](NC)Cc2cc(ccc2O)-c2ccc(O)c(c2)C[C@@H](C(=O)N(C)CC(=O)NCCC[C@H](NC)C(=O)NCCNC)NC1=O. The summed E-state index contributed by atoms with van der Waals surface area (Å²) in [5.74, 6) is -2.25. The predicted octanol–water partition coefficient (Wildman–Crippen LogP) is -1.30. The van der Waals surface area contributed by atoms with Crippen LogP contribution in [-0.4, -0.2) is 137 Å². The van der Waals surface area contributed by atoms with E-state index in [0.717, 1.165) is 0 Å². The first-order chi connectivity index (χ1) is 25.4. The summed E-state index contributed by atoms with van der Waals surface area (Å²) in [5, 5.41) is 44.8. The van der Waals surface area contributed by atoms with Gasteiger partial charge in [0.05, 0.1) is 18.6 Å². The summed E-state index contributed by atoms with van der Waals surface area (Å²) >= 11 is 0. The molecule has 1 aliphatic rings. The molecular weight excluding hydrogens is 682 g/mol. The van der Waals surface area contributed by atoms with Crippen molar-refractivity contribution >= 4 is 29.5 Å². The van der Waals surface area contributed by atoms with Crippen LogP contribution in [0.2, 0.25) is 0 Å². The van der Waals surface area contributed by atoms with Crippen molar-refractivity contribution in [1.82, 2.24) is 47.4 Å². The third-order valence-corrected chi connectivity index (χ3v) is 9.26. The Hall–Kier alpha value is -4.77. The summed E-state index contributed by atoms with van der Waals surface area (Å²) < 4.78 is 0. The molecule has 5 amide bonds. The molecule has 1 aliphatic heterocycles. The highest BCUT2D eigenvalue weighted by molar-refractivity contribution is 5.94. The topological polar surface area (TPSA) is 225 Å². The van der Waals surface area contributed by atoms with Gasteiger partial charge < -0.3 is 57.6 Å². The lowest BCUT2D eigenvalue weighted by molar-refractivity contribution is -0.139. The quantitative estimate of drug-likeness (QED) is 0.0859. The molecule has 0 fully saturated rings. The molecule has 16 heteroatoms. The van der Waals surface area contributed by atoms with Crippen LogP contribution in [0.5, 0.6) is 11.5 Å². The van der Waals surface area contributed by atoms with Crippen LogP contribution in [0.15, 0.2) is 36.4 Å². The van der Waals surface area contributed by atoms with E-state index in [2.05, 4.69) is 42.5 Å². The molecule has 10 N–H and O–H groups in total. The average molecular weight is 740 g/mol. The smallest absolute Gasteiger partial charge is 0.245 e. The standard InChI is InChI=1S/C37H57N9O7/c1-38-14-6-9-28-35(51)45-30(37(53)46(5)22-33(49)42-15-7-8-27(40-3)34(50)43-17-16-39-2)21-26-19-24(11-13-32(26)48)23-10-12-31(47)25(18-23)20-29(41-4)36(52)44-28/h10-13,18-19,27-30,38-41,47-48H,6-9,14-17,20-22H2,1-5H3,(H,42,49)(H,43,50)(H,44,52)(H,45,51)/t27-,28-,29-,30-/m0/s1. The highest BCUT2D eigenvalue weighted by atomic mass is 16.3. The second-order valence-corrected chi connectivity index (χ2v) is 13.2. The Kier molecular flexibility index (Phi) is 17.4. The Morgan fingerprint density at radius 2 is 1.45 bits per heavy atom. The number of amides is 5. The number of benzene rings is 2. The van der Waals surface area contributed by atoms with Gasteiger partial charge in [0.25, 0.3) is 0 Å². The zero-order valence-electron chi connectivity index (χ0n) is 31.4. The number of aromatic hydroxyl groups is 2. The first-order valence-electron chi connectivity index (χ1n) is 18.1. The summed E-state index contributed by atoms with van der Waals surface area (Å²) in [6, 6.07) is 6.53. The Morgan fingerprint density at radius 1 is 0.811 bits per heavy atom. The number of hydrogen-bond acceptors (Lipinski definition) is 11. The number of nitrogens with zero attached hydrogens (tertiary/aromatic N) is 1. The van der Waals surface area contributed by atoms with E-state index >= 15 is 0 Å². The van der Waals surface area contributed by atoms with Crippen LogP contribution in [0.3, 0.4) is 0 Å². The Bertz CT molecular complexity index is 1560. The molecule has 4 bridgehead atoms. The number of likely N-dealkylation sites (N-methyl/N-ethyl adjacent to an activating group) is 4. The lowest BCUT2D eigenvalue weighted by Crippen LogP contribution is -2.57. The third-order valence-electron chi connectivity index (χ3n) is 9.26. The normalized spacial score (nSPS) is 18.1. The summed E-state index contributed by atoms with van der Waals surface area (Å²) in [6.45, 7) is 1.70. The number of hydrogen-bond donors (Lipinski definition) is 10. The minimum Gasteiger partial charge on any atom is -0.508 e. The van der Waals surface area contributed by atoms with Crippen LogP contribution in [0.4, 0.5) is 0 Å². The fourth-order valence-corrected chi connectivity index (χ4v) is 6.11. The molecule has 2 aromatic rings. The molecule has 0 spiro atoms. The number of carbonyl (C=O) groups excluding carboxylic acids is 5. The average Bonchev–Trinajstić information content (AvgIpc) is 3.14. The molecule has 3 rings (SSSR count). The summed E-state index contributed by atoms with van der Waals surface area (Å²) in [5.41, 5.74) is 2.29. The number of carbonyl (C=O) groups is 5. The van der Waals surface area contributed by atoms with Crippen molar-refractivity contribution < 1.29 is 34.2 Å². The maximum Gasteiger partial charge on any atom is 0.245 e. The van der Waals surface area contributed by atoms with E-state index in [1.165, 1.54) is 18.0 Å². The van der Waals surface area contributed by atoms with Crippen molar-refractivity contribution in [2.24, 2.45) is 0 Å². The van der Waals surface area contributed by atoms with Crippen molar-refractivity contribution in [3.05, 3.63) is 47.5 Å². The molecule has 292 valence electrons. The molecule has 0 saturated heterocycles. The number of phenols is 2. The Balaban J connectivity index is 1.83. The number of fused-ring (bicyclic) bond motifs is 5. The van der Waals surface area contributed by atoms with Gasteiger partial charge in [-0.25, -0.2) is 0 Å². The molecule has 1 heterocycles. The first-order valence-corrected chi connectivity index (χ1v) is 18.1. The van der Waals surface area contributed by atoms with Gasteiger partial charge in [-0.3, -0.25) is 24.0 Å². The summed E-state index contributed by atoms with van der Waals surface area (Å²) in [6.07, 6.45) is 1.83. The minimum absolute atomic E-state index is 0.0106. The lowest BCUT2D eigenvalue weighted by atomic mass is 9.95. The Morgan fingerprint density at radius 3 is 2.06 bits per heavy atom. The molecule has 0 aliphatic carbocycles. The molecular formula is C37H57N9O7. The molecule has 53 heavy (non-hydrogen) atoms. The monoisotopic (exact) mass is 739 g/mol. The zero-order chi connectivity index (χ0) is 38.9. The van der Waals surface area contributed by atoms with Crippen molar-refractivity contribution in [2.75, 3.05) is 68.0 Å². The van der Waals surface area contributed by atoms with Gasteiger partial charge >= 0.3 is 0 Å². The van der Waals surface area contributed by atoms with E-state index in [1.54, 1.807) is 58.5 Å². The van der Waals surface area contributed by atoms with Crippen molar-refractivity contribution in [2.45, 2.75) is 62.7 Å². The molecule has 0 unspecified atom stereocenters. The molecule has 0 aromatic heterocycles. The van der Waals surface area contributed by atoms with E-state index in [1.807, 2.05) is 0 Å². The summed E-state index contributed by atoms with van der Waals surface area (Å²) in [4.78, 5) is 67.9. The van der Waals surface area contributed by atoms with Crippen LogP contribution < -0.4 is 42.5 Å². The van der Waals surface area contributed by atoms with Crippen molar-refractivity contribution in [3.63, 3.8) is 0 Å². The van der Waals surface area contributed by atoms with Gasteiger partial charge in [0.1, 0.15) is 23.6 Å². The second kappa shape index (κ2) is 21.7. The number of rotatable bonds is 17. The molecule has 4 atom stereocenters. The van der Waals surface area contributed by atoms with Crippen LogP contribution in [0.25, 0.3) is 11.1 Å². The van der Waals surface area contributed by atoms with Crippen LogP contribution in [-0.2, 0) is 36.8 Å². The highest BCUT2D eigenvalue weighted by Gasteiger charge is 2.32. The van der Waals surface area contributed by atoms with Gasteiger partial charge in [0.2, 0.25) is 29.5 Å². The van der Waals surface area contributed by atoms with E-state index in [9.17, 15) is 34.2 Å². The fourth-order valence-electron chi connectivity index (χ4n) is 6.11. The van der Waals surface area contributed by atoms with Gasteiger partial charge in [-0.05, 0) is 107 Å². The first kappa shape index (κ1) is 42.6. The fraction of sp³-hybridized carbons (Fsp3) is 0.541. The molecule has 16 nitrogen and oxygen atoms in total. The second-order valence-electron chi connectivity index (χ2n) is 13.2. The third kappa shape index (κ3) is 13.0. The maximum absolute atomic E-state index is 14.0. The number of phenolic OH excluding ortho intramolecular Hbond substituents is 2.